The van der Waals surface area contributed by atoms with E-state index in [4.69, 9.17) is 5.73 Å². The van der Waals surface area contributed by atoms with Crippen molar-refractivity contribution >= 4 is 17.3 Å². The maximum Gasteiger partial charge on any atom is 0.238 e. The largest absolute Gasteiger partial charge is 0.397 e. The molecule has 0 radical (unpaired) electrons. The van der Waals surface area contributed by atoms with Gasteiger partial charge in [0.1, 0.15) is 0 Å². The Balaban J connectivity index is 1.87. The summed E-state index contributed by atoms with van der Waals surface area (Å²) >= 11 is 0. The van der Waals surface area contributed by atoms with Gasteiger partial charge in [-0.05, 0) is 31.0 Å². The Labute approximate surface area is 102 Å². The van der Waals surface area contributed by atoms with Gasteiger partial charge in [0, 0.05) is 6.54 Å². The van der Waals surface area contributed by atoms with Crippen molar-refractivity contribution in [3.05, 3.63) is 24.3 Å². The molecular formula is C13H19N3O. The van der Waals surface area contributed by atoms with E-state index in [0.29, 0.717) is 23.8 Å². The molecule has 1 heterocycles. The fourth-order valence-electron chi connectivity index (χ4n) is 2.17. The van der Waals surface area contributed by atoms with Gasteiger partial charge in [-0.2, -0.15) is 0 Å². The Bertz CT molecular complexity index is 405. The molecule has 1 amide bonds. The number of rotatable bonds is 3. The van der Waals surface area contributed by atoms with Crippen molar-refractivity contribution in [3.63, 3.8) is 0 Å². The first-order chi connectivity index (χ1) is 8.15. The van der Waals surface area contributed by atoms with Crippen LogP contribution in [-0.4, -0.2) is 30.4 Å². The molecule has 0 aliphatic carbocycles. The molecule has 0 bridgehead atoms. The second-order valence-electron chi connectivity index (χ2n) is 4.76. The third-order valence-corrected chi connectivity index (χ3v) is 3.11. The highest BCUT2D eigenvalue weighted by molar-refractivity contribution is 5.95. The zero-order valence-electron chi connectivity index (χ0n) is 10.1. The Kier molecular flexibility index (Phi) is 3.64. The number of carbonyl (C=O) groups is 1. The summed E-state index contributed by atoms with van der Waals surface area (Å²) in [6.45, 7) is 4.70. The average Bonchev–Trinajstić information content (AvgIpc) is 2.67. The molecule has 3 N–H and O–H groups in total. The SMILES string of the molecule is CC1CCN(CC(=O)Nc2ccccc2N)C1. The zero-order chi connectivity index (χ0) is 12.3. The summed E-state index contributed by atoms with van der Waals surface area (Å²) in [6.07, 6.45) is 1.18. The molecule has 1 atom stereocenters. The molecule has 4 nitrogen and oxygen atoms in total. The number of anilines is 2. The van der Waals surface area contributed by atoms with E-state index in [1.165, 1.54) is 6.42 Å². The lowest BCUT2D eigenvalue weighted by Crippen LogP contribution is -2.31. The molecule has 0 spiro atoms. The maximum absolute atomic E-state index is 11.8. The van der Waals surface area contributed by atoms with E-state index in [0.717, 1.165) is 13.1 Å². The lowest BCUT2D eigenvalue weighted by Gasteiger charge is -2.15. The molecule has 2 rings (SSSR count). The number of hydrogen-bond donors (Lipinski definition) is 2. The molecule has 1 aliphatic rings. The number of carbonyl (C=O) groups excluding carboxylic acids is 1. The summed E-state index contributed by atoms with van der Waals surface area (Å²) in [4.78, 5) is 14.0. The normalized spacial score (nSPS) is 20.4. The van der Waals surface area contributed by atoms with Crippen LogP contribution in [0.2, 0.25) is 0 Å². The molecule has 1 aromatic carbocycles. The topological polar surface area (TPSA) is 58.4 Å². The van der Waals surface area contributed by atoms with Crippen LogP contribution >= 0.6 is 0 Å². The number of para-hydroxylation sites is 2. The molecular weight excluding hydrogens is 214 g/mol. The highest BCUT2D eigenvalue weighted by Crippen LogP contribution is 2.18. The van der Waals surface area contributed by atoms with Gasteiger partial charge in [0.15, 0.2) is 0 Å². The summed E-state index contributed by atoms with van der Waals surface area (Å²) < 4.78 is 0. The van der Waals surface area contributed by atoms with Crippen LogP contribution in [0.15, 0.2) is 24.3 Å². The highest BCUT2D eigenvalue weighted by Gasteiger charge is 2.20. The third-order valence-electron chi connectivity index (χ3n) is 3.11. The van der Waals surface area contributed by atoms with Crippen LogP contribution in [0.3, 0.4) is 0 Å². The van der Waals surface area contributed by atoms with Gasteiger partial charge >= 0.3 is 0 Å². The molecule has 1 aromatic rings. The number of benzene rings is 1. The molecule has 1 fully saturated rings. The van der Waals surface area contributed by atoms with Gasteiger partial charge in [0.05, 0.1) is 17.9 Å². The molecule has 4 heteroatoms. The monoisotopic (exact) mass is 233 g/mol. The summed E-state index contributed by atoms with van der Waals surface area (Å²) in [5, 5.41) is 2.85. The first-order valence-corrected chi connectivity index (χ1v) is 6.02. The van der Waals surface area contributed by atoms with Crippen LogP contribution in [-0.2, 0) is 4.79 Å². The predicted molar refractivity (Wildman–Crippen MR) is 69.7 cm³/mol. The first kappa shape index (κ1) is 11.9. The van der Waals surface area contributed by atoms with Crippen molar-refractivity contribution in [1.29, 1.82) is 0 Å². The Hall–Kier alpha value is -1.55. The van der Waals surface area contributed by atoms with Crippen LogP contribution in [0, 0.1) is 5.92 Å². The van der Waals surface area contributed by atoms with E-state index in [1.807, 2.05) is 18.2 Å². The zero-order valence-corrected chi connectivity index (χ0v) is 10.1. The highest BCUT2D eigenvalue weighted by atomic mass is 16.2. The van der Waals surface area contributed by atoms with Gasteiger partial charge in [-0.3, -0.25) is 9.69 Å². The van der Waals surface area contributed by atoms with E-state index in [-0.39, 0.29) is 5.91 Å². The quantitative estimate of drug-likeness (QED) is 0.779. The standard InChI is InChI=1S/C13H19N3O/c1-10-6-7-16(8-10)9-13(17)15-12-5-3-2-4-11(12)14/h2-5,10H,6-9,14H2,1H3,(H,15,17). The molecule has 1 aliphatic heterocycles. The molecule has 1 unspecified atom stereocenters. The van der Waals surface area contributed by atoms with E-state index in [9.17, 15) is 4.79 Å². The lowest BCUT2D eigenvalue weighted by atomic mass is 10.2. The van der Waals surface area contributed by atoms with Crippen LogP contribution in [0.25, 0.3) is 0 Å². The van der Waals surface area contributed by atoms with Crippen LogP contribution < -0.4 is 11.1 Å². The van der Waals surface area contributed by atoms with E-state index in [2.05, 4.69) is 17.1 Å². The number of nitrogens with zero attached hydrogens (tertiary/aromatic N) is 1. The van der Waals surface area contributed by atoms with Crippen LogP contribution in [0.4, 0.5) is 11.4 Å². The van der Waals surface area contributed by atoms with Gasteiger partial charge in [0.25, 0.3) is 0 Å². The van der Waals surface area contributed by atoms with Crippen LogP contribution in [0.1, 0.15) is 13.3 Å². The van der Waals surface area contributed by atoms with Crippen molar-refractivity contribution in [1.82, 2.24) is 4.90 Å². The van der Waals surface area contributed by atoms with E-state index < -0.39 is 0 Å². The van der Waals surface area contributed by atoms with Crippen LogP contribution in [0.5, 0.6) is 0 Å². The molecule has 17 heavy (non-hydrogen) atoms. The molecule has 1 saturated heterocycles. The van der Waals surface area contributed by atoms with Gasteiger partial charge < -0.3 is 11.1 Å². The van der Waals surface area contributed by atoms with Gasteiger partial charge in [-0.25, -0.2) is 0 Å². The predicted octanol–water partition coefficient (Wildman–Crippen LogP) is 1.55. The molecule has 92 valence electrons. The van der Waals surface area contributed by atoms with E-state index >= 15 is 0 Å². The number of nitrogen functional groups attached to an aromatic ring is 1. The maximum atomic E-state index is 11.8. The Morgan fingerprint density at radius 2 is 2.29 bits per heavy atom. The van der Waals surface area contributed by atoms with E-state index in [1.54, 1.807) is 6.07 Å². The summed E-state index contributed by atoms with van der Waals surface area (Å²) in [6, 6.07) is 7.32. The second-order valence-corrected chi connectivity index (χ2v) is 4.76. The van der Waals surface area contributed by atoms with Gasteiger partial charge in [0.2, 0.25) is 5.91 Å². The summed E-state index contributed by atoms with van der Waals surface area (Å²) in [5.41, 5.74) is 7.08. The third kappa shape index (κ3) is 3.20. The number of hydrogen-bond acceptors (Lipinski definition) is 3. The number of nitrogens with two attached hydrogens (primary N) is 1. The molecule has 0 saturated carbocycles. The summed E-state index contributed by atoms with van der Waals surface area (Å²) in [7, 11) is 0. The van der Waals surface area contributed by atoms with Gasteiger partial charge in [-0.1, -0.05) is 19.1 Å². The number of amides is 1. The Morgan fingerprint density at radius 3 is 2.94 bits per heavy atom. The minimum absolute atomic E-state index is 0.0111. The minimum atomic E-state index is 0.0111. The first-order valence-electron chi connectivity index (χ1n) is 6.02. The minimum Gasteiger partial charge on any atom is -0.397 e. The fraction of sp³-hybridized carbons (Fsp3) is 0.462. The lowest BCUT2D eigenvalue weighted by molar-refractivity contribution is -0.117. The summed E-state index contributed by atoms with van der Waals surface area (Å²) in [5.74, 6) is 0.710. The number of nitrogens with one attached hydrogen (secondary N) is 1. The number of likely N-dealkylation sites (tertiary alicyclic amines) is 1. The smallest absolute Gasteiger partial charge is 0.238 e. The van der Waals surface area contributed by atoms with Gasteiger partial charge in [-0.15, -0.1) is 0 Å². The second kappa shape index (κ2) is 5.19. The van der Waals surface area contributed by atoms with Crippen molar-refractivity contribution in [3.8, 4) is 0 Å². The van der Waals surface area contributed by atoms with Crippen molar-refractivity contribution in [2.45, 2.75) is 13.3 Å². The fourth-order valence-corrected chi connectivity index (χ4v) is 2.17. The average molecular weight is 233 g/mol. The Morgan fingerprint density at radius 1 is 1.53 bits per heavy atom. The van der Waals surface area contributed by atoms with Crippen molar-refractivity contribution in [2.75, 3.05) is 30.7 Å². The van der Waals surface area contributed by atoms with Crippen molar-refractivity contribution < 1.29 is 4.79 Å². The van der Waals surface area contributed by atoms with Crippen molar-refractivity contribution in [2.24, 2.45) is 5.92 Å². The molecule has 0 aromatic heterocycles.